The first-order valence-electron chi connectivity index (χ1n) is 10.7. The van der Waals surface area contributed by atoms with Gasteiger partial charge in [0.2, 0.25) is 0 Å². The summed E-state index contributed by atoms with van der Waals surface area (Å²) in [5.74, 6) is -0.00523. The molecule has 3 aromatic rings. The Morgan fingerprint density at radius 1 is 1.06 bits per heavy atom. The van der Waals surface area contributed by atoms with Crippen molar-refractivity contribution in [2.45, 2.75) is 19.4 Å². The Hall–Kier alpha value is -2.61. The molecule has 31 heavy (non-hydrogen) atoms. The molecule has 6 nitrogen and oxygen atoms in total. The van der Waals surface area contributed by atoms with E-state index in [0.29, 0.717) is 18.8 Å². The Kier molecular flexibility index (Phi) is 7.76. The lowest BCUT2D eigenvalue weighted by molar-refractivity contribution is 0.0355. The SMILES string of the molecule is O=C(c1csc(Cc2ccccc2)n1)N(CCCN1CCOCC1)Cc1ccncc1. The highest BCUT2D eigenvalue weighted by atomic mass is 32.1. The van der Waals surface area contributed by atoms with Gasteiger partial charge in [0.05, 0.1) is 18.2 Å². The predicted octanol–water partition coefficient (Wildman–Crippen LogP) is 3.49. The van der Waals surface area contributed by atoms with Crippen LogP contribution >= 0.6 is 11.3 Å². The van der Waals surface area contributed by atoms with Crippen LogP contribution < -0.4 is 0 Å². The van der Waals surface area contributed by atoms with Gasteiger partial charge < -0.3 is 9.64 Å². The fourth-order valence-electron chi connectivity index (χ4n) is 3.69. The topological polar surface area (TPSA) is 58.6 Å². The van der Waals surface area contributed by atoms with Gasteiger partial charge in [0.15, 0.2) is 0 Å². The van der Waals surface area contributed by atoms with E-state index in [2.05, 4.69) is 27.0 Å². The molecule has 1 saturated heterocycles. The molecule has 3 heterocycles. The third kappa shape index (κ3) is 6.43. The number of amides is 1. The molecule has 0 bridgehead atoms. The maximum Gasteiger partial charge on any atom is 0.273 e. The van der Waals surface area contributed by atoms with E-state index in [1.165, 1.54) is 5.56 Å². The van der Waals surface area contributed by atoms with Gasteiger partial charge in [-0.15, -0.1) is 11.3 Å². The maximum absolute atomic E-state index is 13.3. The smallest absolute Gasteiger partial charge is 0.273 e. The summed E-state index contributed by atoms with van der Waals surface area (Å²) in [5, 5.41) is 2.86. The summed E-state index contributed by atoms with van der Waals surface area (Å²) in [5.41, 5.74) is 2.82. The second-order valence-electron chi connectivity index (χ2n) is 7.68. The van der Waals surface area contributed by atoms with Crippen molar-refractivity contribution in [1.82, 2.24) is 19.8 Å². The molecule has 0 radical (unpaired) electrons. The van der Waals surface area contributed by atoms with Crippen molar-refractivity contribution in [3.8, 4) is 0 Å². The van der Waals surface area contributed by atoms with E-state index >= 15 is 0 Å². The first-order chi connectivity index (χ1) is 15.3. The Morgan fingerprint density at radius 2 is 1.84 bits per heavy atom. The van der Waals surface area contributed by atoms with E-state index < -0.39 is 0 Å². The first-order valence-corrected chi connectivity index (χ1v) is 11.6. The van der Waals surface area contributed by atoms with E-state index in [4.69, 9.17) is 4.74 Å². The van der Waals surface area contributed by atoms with Gasteiger partial charge in [0.1, 0.15) is 5.69 Å². The summed E-state index contributed by atoms with van der Waals surface area (Å²) in [6, 6.07) is 14.2. The first kappa shape index (κ1) is 21.6. The number of rotatable bonds is 9. The number of benzene rings is 1. The molecule has 1 aliphatic heterocycles. The minimum absolute atomic E-state index is 0.00523. The molecule has 1 amide bonds. The zero-order valence-corrected chi connectivity index (χ0v) is 18.5. The van der Waals surface area contributed by atoms with Gasteiger partial charge in [-0.1, -0.05) is 30.3 Å². The van der Waals surface area contributed by atoms with E-state index in [0.717, 1.165) is 56.3 Å². The number of morpholine rings is 1. The van der Waals surface area contributed by atoms with Gasteiger partial charge in [-0.05, 0) is 29.7 Å². The standard InChI is InChI=1S/C24H28N4O2S/c29-24(22-19-31-23(26-22)17-20-5-2-1-3-6-20)28(18-21-7-9-25-10-8-21)12-4-11-27-13-15-30-16-14-27/h1-3,5-10,19H,4,11-18H2. The highest BCUT2D eigenvalue weighted by Crippen LogP contribution is 2.17. The van der Waals surface area contributed by atoms with Crippen LogP contribution in [0, 0.1) is 0 Å². The van der Waals surface area contributed by atoms with E-state index in [1.54, 1.807) is 23.7 Å². The number of ether oxygens (including phenoxy) is 1. The molecule has 0 spiro atoms. The lowest BCUT2D eigenvalue weighted by atomic mass is 10.2. The molecular formula is C24H28N4O2S. The fourth-order valence-corrected chi connectivity index (χ4v) is 4.50. The van der Waals surface area contributed by atoms with Crippen LogP contribution in [0.3, 0.4) is 0 Å². The molecule has 1 aromatic carbocycles. The lowest BCUT2D eigenvalue weighted by Crippen LogP contribution is -2.39. The molecule has 0 N–H and O–H groups in total. The summed E-state index contributed by atoms with van der Waals surface area (Å²) < 4.78 is 5.43. The summed E-state index contributed by atoms with van der Waals surface area (Å²) in [6.45, 7) is 5.76. The Morgan fingerprint density at radius 3 is 2.61 bits per heavy atom. The van der Waals surface area contributed by atoms with Crippen LogP contribution in [0.15, 0.2) is 60.2 Å². The number of hydrogen-bond donors (Lipinski definition) is 0. The summed E-state index contributed by atoms with van der Waals surface area (Å²) >= 11 is 1.55. The zero-order valence-electron chi connectivity index (χ0n) is 17.7. The summed E-state index contributed by atoms with van der Waals surface area (Å²) in [6.07, 6.45) is 5.22. The lowest BCUT2D eigenvalue weighted by Gasteiger charge is -2.28. The minimum Gasteiger partial charge on any atom is -0.379 e. The number of carbonyl (C=O) groups excluding carboxylic acids is 1. The molecule has 0 aliphatic carbocycles. The molecular weight excluding hydrogens is 408 g/mol. The zero-order chi connectivity index (χ0) is 21.3. The van der Waals surface area contributed by atoms with Gasteiger partial charge in [0.25, 0.3) is 5.91 Å². The number of aromatic nitrogens is 2. The predicted molar refractivity (Wildman–Crippen MR) is 122 cm³/mol. The second-order valence-corrected chi connectivity index (χ2v) is 8.62. The molecule has 0 atom stereocenters. The number of pyridine rings is 1. The van der Waals surface area contributed by atoms with Crippen molar-refractivity contribution < 1.29 is 9.53 Å². The number of nitrogens with zero attached hydrogens (tertiary/aromatic N) is 4. The molecule has 2 aromatic heterocycles. The van der Waals surface area contributed by atoms with Crippen LogP contribution in [-0.2, 0) is 17.7 Å². The molecule has 7 heteroatoms. The fraction of sp³-hybridized carbons (Fsp3) is 0.375. The Balaban J connectivity index is 1.41. The highest BCUT2D eigenvalue weighted by Gasteiger charge is 2.20. The second kappa shape index (κ2) is 11.1. The average Bonchev–Trinajstić information content (AvgIpc) is 3.28. The van der Waals surface area contributed by atoms with Crippen LogP contribution in [-0.4, -0.2) is 65.1 Å². The van der Waals surface area contributed by atoms with Crippen molar-refractivity contribution >= 4 is 17.2 Å². The monoisotopic (exact) mass is 436 g/mol. The van der Waals surface area contributed by atoms with Crippen molar-refractivity contribution in [3.05, 3.63) is 82.1 Å². The molecule has 0 unspecified atom stereocenters. The summed E-state index contributed by atoms with van der Waals surface area (Å²) in [4.78, 5) is 26.4. The van der Waals surface area contributed by atoms with Crippen LogP contribution in [0.1, 0.15) is 33.0 Å². The number of carbonyl (C=O) groups is 1. The molecule has 0 saturated carbocycles. The van der Waals surface area contributed by atoms with E-state index in [-0.39, 0.29) is 5.91 Å². The maximum atomic E-state index is 13.3. The van der Waals surface area contributed by atoms with Crippen molar-refractivity contribution in [1.29, 1.82) is 0 Å². The average molecular weight is 437 g/mol. The van der Waals surface area contributed by atoms with Crippen molar-refractivity contribution in [2.75, 3.05) is 39.4 Å². The van der Waals surface area contributed by atoms with E-state index in [1.807, 2.05) is 40.6 Å². The highest BCUT2D eigenvalue weighted by molar-refractivity contribution is 7.09. The largest absolute Gasteiger partial charge is 0.379 e. The van der Waals surface area contributed by atoms with Crippen LogP contribution in [0.2, 0.25) is 0 Å². The van der Waals surface area contributed by atoms with Crippen LogP contribution in [0.4, 0.5) is 0 Å². The van der Waals surface area contributed by atoms with Crippen LogP contribution in [0.5, 0.6) is 0 Å². The summed E-state index contributed by atoms with van der Waals surface area (Å²) in [7, 11) is 0. The minimum atomic E-state index is -0.00523. The van der Waals surface area contributed by atoms with Crippen LogP contribution in [0.25, 0.3) is 0 Å². The number of thiazole rings is 1. The van der Waals surface area contributed by atoms with Gasteiger partial charge in [-0.25, -0.2) is 4.98 Å². The van der Waals surface area contributed by atoms with Gasteiger partial charge >= 0.3 is 0 Å². The van der Waals surface area contributed by atoms with Crippen molar-refractivity contribution in [2.24, 2.45) is 0 Å². The van der Waals surface area contributed by atoms with Gasteiger partial charge in [-0.3, -0.25) is 14.7 Å². The Bertz CT molecular complexity index is 942. The van der Waals surface area contributed by atoms with Gasteiger partial charge in [-0.2, -0.15) is 0 Å². The Labute approximate surface area is 187 Å². The molecule has 162 valence electrons. The van der Waals surface area contributed by atoms with Gasteiger partial charge in [0, 0.05) is 56.9 Å². The molecule has 1 aliphatic rings. The third-order valence-corrected chi connectivity index (χ3v) is 6.23. The van der Waals surface area contributed by atoms with E-state index in [9.17, 15) is 4.79 Å². The number of hydrogen-bond acceptors (Lipinski definition) is 6. The molecule has 1 fully saturated rings. The molecule has 4 rings (SSSR count). The van der Waals surface area contributed by atoms with Crippen molar-refractivity contribution in [3.63, 3.8) is 0 Å². The quantitative estimate of drug-likeness (QED) is 0.514. The normalized spacial score (nSPS) is 14.5. The third-order valence-electron chi connectivity index (χ3n) is 5.39.